The van der Waals surface area contributed by atoms with Crippen molar-refractivity contribution in [1.82, 2.24) is 5.01 Å². The van der Waals surface area contributed by atoms with Crippen LogP contribution in [-0.2, 0) is 16.1 Å². The molecule has 2 atom stereocenters. The second kappa shape index (κ2) is 6.42. The Labute approximate surface area is 152 Å². The molecule has 4 rings (SSSR count). The van der Waals surface area contributed by atoms with Gasteiger partial charge in [0, 0.05) is 6.07 Å². The van der Waals surface area contributed by atoms with Gasteiger partial charge in [-0.05, 0) is 29.8 Å². The van der Waals surface area contributed by atoms with E-state index in [2.05, 4.69) is 10.3 Å². The number of fused-ring (bicyclic) bond motifs is 1. The third-order valence-corrected chi connectivity index (χ3v) is 4.52. The van der Waals surface area contributed by atoms with Gasteiger partial charge in [-0.2, -0.15) is 5.11 Å². The number of methoxy groups -OCH3 is 1. The summed E-state index contributed by atoms with van der Waals surface area (Å²) in [7, 11) is 1.56. The molecule has 2 aromatic rings. The van der Waals surface area contributed by atoms with Crippen molar-refractivity contribution in [1.29, 1.82) is 0 Å². The summed E-state index contributed by atoms with van der Waals surface area (Å²) in [6.07, 6.45) is 0. The number of benzene rings is 2. The Bertz CT molecular complexity index is 948. The first-order valence-corrected chi connectivity index (χ1v) is 8.13. The summed E-state index contributed by atoms with van der Waals surface area (Å²) >= 11 is 0. The average molecular weight is 372 g/mol. The third-order valence-electron chi connectivity index (χ3n) is 4.52. The summed E-state index contributed by atoms with van der Waals surface area (Å²) in [5.41, 5.74) is 0.819. The Balaban J connectivity index is 1.58. The number of imide groups is 1. The molecule has 2 aliphatic heterocycles. The van der Waals surface area contributed by atoms with Gasteiger partial charge in [-0.25, -0.2) is 13.7 Å². The van der Waals surface area contributed by atoms with Gasteiger partial charge in [-0.3, -0.25) is 14.6 Å². The average Bonchev–Trinajstić information content (AvgIpc) is 3.18. The fourth-order valence-electron chi connectivity index (χ4n) is 3.15. The highest BCUT2D eigenvalue weighted by atomic mass is 19.2. The molecule has 0 saturated carbocycles. The van der Waals surface area contributed by atoms with E-state index in [1.165, 1.54) is 11.1 Å². The van der Waals surface area contributed by atoms with E-state index < -0.39 is 35.5 Å². The number of rotatable bonds is 4. The molecule has 0 spiro atoms. The Morgan fingerprint density at radius 1 is 1.04 bits per heavy atom. The van der Waals surface area contributed by atoms with Crippen LogP contribution in [0.5, 0.6) is 5.75 Å². The molecule has 0 bridgehead atoms. The Kier molecular flexibility index (Phi) is 4.06. The SMILES string of the molecule is COc1ccc(CN2N=N[C@@H]3C(=O)N(c4ccc(F)c(F)c4)C(=O)[C@H]32)cc1. The molecule has 1 fully saturated rings. The first-order chi connectivity index (χ1) is 13.0. The van der Waals surface area contributed by atoms with E-state index >= 15 is 0 Å². The number of carbonyl (C=O) groups excluding carboxylic acids is 2. The van der Waals surface area contributed by atoms with Gasteiger partial charge in [-0.1, -0.05) is 17.4 Å². The van der Waals surface area contributed by atoms with E-state index in [1.807, 2.05) is 12.1 Å². The minimum absolute atomic E-state index is 0.0297. The Morgan fingerprint density at radius 3 is 2.44 bits per heavy atom. The second-order valence-corrected chi connectivity index (χ2v) is 6.15. The van der Waals surface area contributed by atoms with Crippen LogP contribution in [0, 0.1) is 11.6 Å². The molecule has 27 heavy (non-hydrogen) atoms. The van der Waals surface area contributed by atoms with E-state index in [-0.39, 0.29) is 12.2 Å². The Hall–Kier alpha value is -3.36. The van der Waals surface area contributed by atoms with Crippen LogP contribution in [0.4, 0.5) is 14.5 Å². The number of anilines is 1. The lowest BCUT2D eigenvalue weighted by Crippen LogP contribution is -2.39. The smallest absolute Gasteiger partial charge is 0.263 e. The molecule has 0 aliphatic carbocycles. The Morgan fingerprint density at radius 2 is 1.78 bits per heavy atom. The predicted molar refractivity (Wildman–Crippen MR) is 89.8 cm³/mol. The van der Waals surface area contributed by atoms with Crippen molar-refractivity contribution < 1.29 is 23.1 Å². The van der Waals surface area contributed by atoms with E-state index in [1.54, 1.807) is 19.2 Å². The van der Waals surface area contributed by atoms with Crippen molar-refractivity contribution in [2.75, 3.05) is 12.0 Å². The maximum Gasteiger partial charge on any atom is 0.263 e. The summed E-state index contributed by atoms with van der Waals surface area (Å²) in [5.74, 6) is -2.69. The highest BCUT2D eigenvalue weighted by molar-refractivity contribution is 6.25. The summed E-state index contributed by atoms with van der Waals surface area (Å²) < 4.78 is 31.8. The largest absolute Gasteiger partial charge is 0.497 e. The number of halogens is 2. The molecular formula is C18H14F2N4O3. The zero-order chi connectivity index (χ0) is 19.1. The van der Waals surface area contributed by atoms with E-state index in [0.29, 0.717) is 5.75 Å². The van der Waals surface area contributed by atoms with Gasteiger partial charge in [0.05, 0.1) is 19.3 Å². The van der Waals surface area contributed by atoms with Gasteiger partial charge in [0.2, 0.25) is 0 Å². The van der Waals surface area contributed by atoms with Gasteiger partial charge < -0.3 is 4.74 Å². The minimum atomic E-state index is -1.14. The third kappa shape index (κ3) is 2.80. The van der Waals surface area contributed by atoms with Crippen LogP contribution in [0.15, 0.2) is 52.8 Å². The van der Waals surface area contributed by atoms with E-state index in [0.717, 1.165) is 22.6 Å². The summed E-state index contributed by atoms with van der Waals surface area (Å²) in [5, 5.41) is 9.27. The van der Waals surface area contributed by atoms with Gasteiger partial charge in [0.25, 0.3) is 11.8 Å². The number of hydrogen-bond donors (Lipinski definition) is 0. The second-order valence-electron chi connectivity index (χ2n) is 6.15. The molecule has 7 nitrogen and oxygen atoms in total. The van der Waals surface area contributed by atoms with Gasteiger partial charge in [-0.15, -0.1) is 0 Å². The molecule has 0 aromatic heterocycles. The van der Waals surface area contributed by atoms with Crippen molar-refractivity contribution in [2.24, 2.45) is 10.3 Å². The van der Waals surface area contributed by atoms with Crippen molar-refractivity contribution in [3.63, 3.8) is 0 Å². The van der Waals surface area contributed by atoms with Crippen molar-refractivity contribution in [2.45, 2.75) is 18.6 Å². The number of nitrogens with zero attached hydrogens (tertiary/aromatic N) is 4. The summed E-state index contributed by atoms with van der Waals surface area (Å²) in [6.45, 7) is 0.263. The van der Waals surface area contributed by atoms with Crippen LogP contribution < -0.4 is 9.64 Å². The van der Waals surface area contributed by atoms with Gasteiger partial charge in [0.1, 0.15) is 5.75 Å². The van der Waals surface area contributed by atoms with Crippen molar-refractivity contribution in [3.8, 4) is 5.75 Å². The standard InChI is InChI=1S/C18H14F2N4O3/c1-27-12-5-2-10(3-6-12)9-23-16-15(21-22-23)17(25)24(18(16)26)11-4-7-13(19)14(20)8-11/h2-8,15-16H,9H2,1H3/t15-,16-/m0/s1. The first kappa shape index (κ1) is 17.1. The quantitative estimate of drug-likeness (QED) is 0.773. The zero-order valence-corrected chi connectivity index (χ0v) is 14.2. The van der Waals surface area contributed by atoms with Crippen LogP contribution in [0.2, 0.25) is 0 Å². The highest BCUT2D eigenvalue weighted by Crippen LogP contribution is 2.33. The van der Waals surface area contributed by atoms with Gasteiger partial charge >= 0.3 is 0 Å². The maximum absolute atomic E-state index is 13.5. The molecule has 2 heterocycles. The molecule has 2 amide bonds. The van der Waals surface area contributed by atoms with Crippen LogP contribution in [0.1, 0.15) is 5.56 Å². The van der Waals surface area contributed by atoms with Gasteiger partial charge in [0.15, 0.2) is 23.7 Å². The lowest BCUT2D eigenvalue weighted by atomic mass is 10.1. The molecule has 2 aromatic carbocycles. The molecule has 0 N–H and O–H groups in total. The highest BCUT2D eigenvalue weighted by Gasteiger charge is 2.54. The minimum Gasteiger partial charge on any atom is -0.497 e. The normalized spacial score (nSPS) is 21.1. The molecule has 138 valence electrons. The van der Waals surface area contributed by atoms with Crippen LogP contribution >= 0.6 is 0 Å². The summed E-state index contributed by atoms with van der Waals surface area (Å²) in [4.78, 5) is 26.2. The monoisotopic (exact) mass is 372 g/mol. The number of amides is 2. The lowest BCUT2D eigenvalue weighted by molar-refractivity contribution is -0.123. The molecule has 2 aliphatic rings. The lowest BCUT2D eigenvalue weighted by Gasteiger charge is -2.20. The number of carbonyl (C=O) groups is 2. The van der Waals surface area contributed by atoms with Crippen LogP contribution in [-0.4, -0.2) is 36.0 Å². The van der Waals surface area contributed by atoms with Crippen molar-refractivity contribution >= 4 is 17.5 Å². The molecule has 0 radical (unpaired) electrons. The summed E-state index contributed by atoms with van der Waals surface area (Å²) in [6, 6.07) is 8.14. The molecule has 1 saturated heterocycles. The molecule has 9 heteroatoms. The first-order valence-electron chi connectivity index (χ1n) is 8.13. The molecule has 0 unspecified atom stereocenters. The fraction of sp³-hybridized carbons (Fsp3) is 0.222. The van der Waals surface area contributed by atoms with E-state index in [4.69, 9.17) is 4.74 Å². The predicted octanol–water partition coefficient (Wildman–Crippen LogP) is 2.47. The van der Waals surface area contributed by atoms with Crippen LogP contribution in [0.25, 0.3) is 0 Å². The topological polar surface area (TPSA) is 74.6 Å². The zero-order valence-electron chi connectivity index (χ0n) is 14.2. The van der Waals surface area contributed by atoms with Crippen LogP contribution in [0.3, 0.4) is 0 Å². The molecular weight excluding hydrogens is 358 g/mol. The maximum atomic E-state index is 13.5. The van der Waals surface area contributed by atoms with E-state index in [9.17, 15) is 18.4 Å². The fourth-order valence-corrected chi connectivity index (χ4v) is 3.15. The van der Waals surface area contributed by atoms with Crippen molar-refractivity contribution in [3.05, 3.63) is 59.7 Å². The number of ether oxygens (including phenoxy) is 1. The number of hydrogen-bond acceptors (Lipinski definition) is 6.